The van der Waals surface area contributed by atoms with Gasteiger partial charge in [0.25, 0.3) is 0 Å². The van der Waals surface area contributed by atoms with Gasteiger partial charge in [0.05, 0.1) is 26.4 Å². The molecule has 1 fully saturated rings. The lowest BCUT2D eigenvalue weighted by molar-refractivity contribution is 0.0147. The molecular formula is C15H19N3O3. The minimum Gasteiger partial charge on any atom is -0.497 e. The standard InChI is InChI=1S/C15H19N3O3/c1-11(18-7-9-20-10-8-18)14-16-17-15(21-14)12-3-5-13(19-2)6-4-12/h3-6,11H,7-10H2,1-2H3/t11-/m0/s1. The molecule has 0 N–H and O–H groups in total. The van der Waals surface area contributed by atoms with E-state index in [2.05, 4.69) is 22.0 Å². The van der Waals surface area contributed by atoms with Gasteiger partial charge in [-0.15, -0.1) is 10.2 Å². The molecule has 0 radical (unpaired) electrons. The Morgan fingerprint density at radius 2 is 1.86 bits per heavy atom. The molecule has 1 atom stereocenters. The Morgan fingerprint density at radius 1 is 1.14 bits per heavy atom. The van der Waals surface area contributed by atoms with Crippen molar-refractivity contribution in [3.63, 3.8) is 0 Å². The summed E-state index contributed by atoms with van der Waals surface area (Å²) in [5.74, 6) is 1.98. The first-order valence-electron chi connectivity index (χ1n) is 7.07. The van der Waals surface area contributed by atoms with Crippen LogP contribution in [-0.4, -0.2) is 48.5 Å². The van der Waals surface area contributed by atoms with Crippen molar-refractivity contribution in [3.05, 3.63) is 30.2 Å². The summed E-state index contributed by atoms with van der Waals surface area (Å²) in [6.07, 6.45) is 0. The molecule has 0 unspecified atom stereocenters. The molecule has 1 saturated heterocycles. The van der Waals surface area contributed by atoms with Crippen LogP contribution in [0.1, 0.15) is 18.9 Å². The summed E-state index contributed by atoms with van der Waals surface area (Å²) < 4.78 is 16.3. The van der Waals surface area contributed by atoms with E-state index < -0.39 is 0 Å². The first kappa shape index (κ1) is 14.0. The molecule has 21 heavy (non-hydrogen) atoms. The normalized spacial score (nSPS) is 17.6. The first-order chi connectivity index (χ1) is 10.3. The summed E-state index contributed by atoms with van der Waals surface area (Å²) >= 11 is 0. The van der Waals surface area contributed by atoms with Gasteiger partial charge in [0.1, 0.15) is 5.75 Å². The lowest BCUT2D eigenvalue weighted by Crippen LogP contribution is -2.38. The van der Waals surface area contributed by atoms with Gasteiger partial charge in [-0.2, -0.15) is 0 Å². The maximum atomic E-state index is 5.81. The highest BCUT2D eigenvalue weighted by molar-refractivity contribution is 5.53. The van der Waals surface area contributed by atoms with Crippen LogP contribution in [0.3, 0.4) is 0 Å². The Kier molecular flexibility index (Phi) is 4.17. The second-order valence-corrected chi connectivity index (χ2v) is 5.00. The zero-order chi connectivity index (χ0) is 14.7. The van der Waals surface area contributed by atoms with Gasteiger partial charge < -0.3 is 13.9 Å². The van der Waals surface area contributed by atoms with Crippen molar-refractivity contribution in [1.82, 2.24) is 15.1 Å². The lowest BCUT2D eigenvalue weighted by Gasteiger charge is -2.30. The van der Waals surface area contributed by atoms with Gasteiger partial charge in [-0.3, -0.25) is 4.90 Å². The molecule has 6 nitrogen and oxygen atoms in total. The molecule has 0 amide bonds. The quantitative estimate of drug-likeness (QED) is 0.859. The Balaban J connectivity index is 1.75. The number of aromatic nitrogens is 2. The van der Waals surface area contributed by atoms with Crippen LogP contribution in [0.4, 0.5) is 0 Å². The highest BCUT2D eigenvalue weighted by Crippen LogP contribution is 2.25. The van der Waals surface area contributed by atoms with Gasteiger partial charge in [-0.1, -0.05) is 0 Å². The van der Waals surface area contributed by atoms with Crippen LogP contribution in [0.15, 0.2) is 28.7 Å². The number of nitrogens with zero attached hydrogens (tertiary/aromatic N) is 3. The summed E-state index contributed by atoms with van der Waals surface area (Å²) in [6, 6.07) is 7.69. The van der Waals surface area contributed by atoms with Crippen LogP contribution in [0.2, 0.25) is 0 Å². The van der Waals surface area contributed by atoms with Crippen LogP contribution in [0.5, 0.6) is 5.75 Å². The Hall–Kier alpha value is -1.92. The van der Waals surface area contributed by atoms with Gasteiger partial charge in [0.15, 0.2) is 0 Å². The fourth-order valence-corrected chi connectivity index (χ4v) is 2.37. The number of methoxy groups -OCH3 is 1. The average molecular weight is 289 g/mol. The smallest absolute Gasteiger partial charge is 0.247 e. The molecule has 0 saturated carbocycles. The Bertz CT molecular complexity index is 576. The van der Waals surface area contributed by atoms with E-state index in [1.807, 2.05) is 24.3 Å². The van der Waals surface area contributed by atoms with Crippen LogP contribution < -0.4 is 4.74 Å². The van der Waals surface area contributed by atoms with Gasteiger partial charge in [-0.05, 0) is 31.2 Å². The highest BCUT2D eigenvalue weighted by Gasteiger charge is 2.23. The maximum absolute atomic E-state index is 5.81. The molecular weight excluding hydrogens is 270 g/mol. The van der Waals surface area contributed by atoms with E-state index >= 15 is 0 Å². The molecule has 0 spiro atoms. The predicted molar refractivity (Wildman–Crippen MR) is 77.1 cm³/mol. The van der Waals surface area contributed by atoms with E-state index in [0.29, 0.717) is 11.8 Å². The van der Waals surface area contributed by atoms with Gasteiger partial charge in [-0.25, -0.2) is 0 Å². The number of ether oxygens (including phenoxy) is 2. The van der Waals surface area contributed by atoms with Crippen LogP contribution in [0.25, 0.3) is 11.5 Å². The molecule has 1 aromatic heterocycles. The third-order valence-electron chi connectivity index (χ3n) is 3.73. The summed E-state index contributed by atoms with van der Waals surface area (Å²) in [5, 5.41) is 8.32. The van der Waals surface area contributed by atoms with E-state index in [4.69, 9.17) is 13.9 Å². The molecule has 1 aromatic carbocycles. The van der Waals surface area contributed by atoms with E-state index in [-0.39, 0.29) is 6.04 Å². The van der Waals surface area contributed by atoms with Crippen LogP contribution in [0, 0.1) is 0 Å². The second-order valence-electron chi connectivity index (χ2n) is 5.00. The largest absolute Gasteiger partial charge is 0.497 e. The molecule has 2 heterocycles. The third kappa shape index (κ3) is 3.06. The zero-order valence-corrected chi connectivity index (χ0v) is 12.3. The van der Waals surface area contributed by atoms with E-state index in [1.165, 1.54) is 0 Å². The topological polar surface area (TPSA) is 60.6 Å². The average Bonchev–Trinajstić information content (AvgIpc) is 3.05. The van der Waals surface area contributed by atoms with Crippen LogP contribution >= 0.6 is 0 Å². The molecule has 1 aliphatic heterocycles. The van der Waals surface area contributed by atoms with Crippen molar-refractivity contribution in [2.24, 2.45) is 0 Å². The van der Waals surface area contributed by atoms with E-state index in [9.17, 15) is 0 Å². The summed E-state index contributed by atoms with van der Waals surface area (Å²) in [4.78, 5) is 2.29. The van der Waals surface area contributed by atoms with Crippen molar-refractivity contribution >= 4 is 0 Å². The highest BCUT2D eigenvalue weighted by atomic mass is 16.5. The summed E-state index contributed by atoms with van der Waals surface area (Å²) in [5.41, 5.74) is 0.892. The fraction of sp³-hybridized carbons (Fsp3) is 0.467. The van der Waals surface area contributed by atoms with Crippen LogP contribution in [-0.2, 0) is 4.74 Å². The summed E-state index contributed by atoms with van der Waals surface area (Å²) in [7, 11) is 1.64. The SMILES string of the molecule is COc1ccc(-c2nnc([C@H](C)N3CCOCC3)o2)cc1. The molecule has 0 bridgehead atoms. The molecule has 2 aromatic rings. The number of hydrogen-bond donors (Lipinski definition) is 0. The van der Waals surface area contributed by atoms with Gasteiger partial charge in [0.2, 0.25) is 11.8 Å². The second kappa shape index (κ2) is 6.24. The van der Waals surface area contributed by atoms with Gasteiger partial charge >= 0.3 is 0 Å². The maximum Gasteiger partial charge on any atom is 0.247 e. The number of hydrogen-bond acceptors (Lipinski definition) is 6. The number of rotatable bonds is 4. The van der Waals surface area contributed by atoms with Gasteiger partial charge in [0, 0.05) is 18.7 Å². The molecule has 0 aliphatic carbocycles. The lowest BCUT2D eigenvalue weighted by atomic mass is 10.2. The van der Waals surface area contributed by atoms with Crippen molar-refractivity contribution < 1.29 is 13.9 Å². The minimum absolute atomic E-state index is 0.105. The monoisotopic (exact) mass is 289 g/mol. The fourth-order valence-electron chi connectivity index (χ4n) is 2.37. The molecule has 112 valence electrons. The molecule has 1 aliphatic rings. The zero-order valence-electron chi connectivity index (χ0n) is 12.3. The predicted octanol–water partition coefficient (Wildman–Crippen LogP) is 2.14. The third-order valence-corrected chi connectivity index (χ3v) is 3.73. The molecule has 3 rings (SSSR count). The first-order valence-corrected chi connectivity index (χ1v) is 7.07. The number of morpholine rings is 1. The Morgan fingerprint density at radius 3 is 2.52 bits per heavy atom. The van der Waals surface area contributed by atoms with Crippen molar-refractivity contribution in [1.29, 1.82) is 0 Å². The summed E-state index contributed by atoms with van der Waals surface area (Å²) in [6.45, 7) is 5.37. The van der Waals surface area contributed by atoms with E-state index in [1.54, 1.807) is 7.11 Å². The Labute approximate surface area is 123 Å². The van der Waals surface area contributed by atoms with Crippen molar-refractivity contribution in [2.75, 3.05) is 33.4 Å². The minimum atomic E-state index is 0.105. The van der Waals surface area contributed by atoms with Crippen molar-refractivity contribution in [3.8, 4) is 17.2 Å². The molecule has 6 heteroatoms. The van der Waals surface area contributed by atoms with E-state index in [0.717, 1.165) is 37.6 Å². The number of benzene rings is 1. The van der Waals surface area contributed by atoms with Crippen molar-refractivity contribution in [2.45, 2.75) is 13.0 Å².